The summed E-state index contributed by atoms with van der Waals surface area (Å²) < 4.78 is 38.2. The molecule has 2 nitrogen and oxygen atoms in total. The highest BCUT2D eigenvalue weighted by Crippen LogP contribution is 2.33. The number of benzene rings is 2. The van der Waals surface area contributed by atoms with Crippen LogP contribution in [-0.2, 0) is 11.0 Å². The third kappa shape index (κ3) is 5.36. The van der Waals surface area contributed by atoms with E-state index in [2.05, 4.69) is 19.2 Å². The fourth-order valence-corrected chi connectivity index (χ4v) is 2.30. The Labute approximate surface area is 149 Å². The van der Waals surface area contributed by atoms with Crippen LogP contribution in [0.3, 0.4) is 0 Å². The largest absolute Gasteiger partial charge is 0.416 e. The van der Waals surface area contributed by atoms with Crippen molar-refractivity contribution in [3.05, 3.63) is 70.3 Å². The lowest BCUT2D eigenvalue weighted by Crippen LogP contribution is -2.11. The van der Waals surface area contributed by atoms with E-state index in [9.17, 15) is 18.0 Å². The van der Waals surface area contributed by atoms with E-state index in [0.29, 0.717) is 5.92 Å². The minimum atomic E-state index is -4.50. The zero-order chi connectivity index (χ0) is 18.6. The predicted molar refractivity (Wildman–Crippen MR) is 94.6 cm³/mol. The summed E-state index contributed by atoms with van der Waals surface area (Å²) in [4.78, 5) is 11.9. The molecule has 0 radical (unpaired) electrons. The molecule has 2 rings (SSSR count). The quantitative estimate of drug-likeness (QED) is 0.646. The summed E-state index contributed by atoms with van der Waals surface area (Å²) in [7, 11) is 0. The fraction of sp³-hybridized carbons (Fsp3) is 0.211. The average molecular weight is 368 g/mol. The molecule has 132 valence electrons. The van der Waals surface area contributed by atoms with Gasteiger partial charge in [0, 0.05) is 6.08 Å². The van der Waals surface area contributed by atoms with Crippen LogP contribution >= 0.6 is 11.6 Å². The van der Waals surface area contributed by atoms with E-state index in [0.717, 1.165) is 23.8 Å². The van der Waals surface area contributed by atoms with Crippen molar-refractivity contribution in [2.24, 2.45) is 0 Å². The maximum atomic E-state index is 12.7. The van der Waals surface area contributed by atoms with Gasteiger partial charge in [-0.15, -0.1) is 0 Å². The van der Waals surface area contributed by atoms with Crippen LogP contribution in [0.4, 0.5) is 18.9 Å². The van der Waals surface area contributed by atoms with Gasteiger partial charge in [-0.3, -0.25) is 4.79 Å². The third-order valence-electron chi connectivity index (χ3n) is 3.58. The second-order valence-electron chi connectivity index (χ2n) is 5.84. The fourth-order valence-electron chi connectivity index (χ4n) is 2.14. The van der Waals surface area contributed by atoms with Crippen LogP contribution in [0, 0.1) is 0 Å². The number of hydrogen-bond acceptors (Lipinski definition) is 1. The Morgan fingerprint density at radius 2 is 1.76 bits per heavy atom. The van der Waals surface area contributed by atoms with Crippen molar-refractivity contribution in [1.29, 1.82) is 0 Å². The molecule has 0 aromatic heterocycles. The Balaban J connectivity index is 2.09. The molecule has 0 bridgehead atoms. The maximum absolute atomic E-state index is 12.7. The highest BCUT2D eigenvalue weighted by molar-refractivity contribution is 6.33. The number of nitrogens with one attached hydrogen (secondary N) is 1. The monoisotopic (exact) mass is 367 g/mol. The van der Waals surface area contributed by atoms with E-state index < -0.39 is 17.6 Å². The average Bonchev–Trinajstić information content (AvgIpc) is 2.54. The number of halogens is 4. The molecule has 0 saturated carbocycles. The van der Waals surface area contributed by atoms with E-state index in [4.69, 9.17) is 11.6 Å². The lowest BCUT2D eigenvalue weighted by Gasteiger charge is -2.10. The second-order valence-corrected chi connectivity index (χ2v) is 6.24. The minimum Gasteiger partial charge on any atom is -0.321 e. The summed E-state index contributed by atoms with van der Waals surface area (Å²) in [5.41, 5.74) is 1.04. The van der Waals surface area contributed by atoms with Crippen molar-refractivity contribution >= 4 is 29.3 Å². The molecule has 0 spiro atoms. The molecule has 0 aliphatic heterocycles. The Morgan fingerprint density at radius 1 is 1.12 bits per heavy atom. The van der Waals surface area contributed by atoms with Gasteiger partial charge in [-0.05, 0) is 41.3 Å². The van der Waals surface area contributed by atoms with Gasteiger partial charge >= 0.3 is 6.18 Å². The van der Waals surface area contributed by atoms with Crippen molar-refractivity contribution in [3.63, 3.8) is 0 Å². The van der Waals surface area contributed by atoms with Gasteiger partial charge in [-0.25, -0.2) is 0 Å². The van der Waals surface area contributed by atoms with Gasteiger partial charge in [0.25, 0.3) is 0 Å². The molecule has 1 amide bonds. The topological polar surface area (TPSA) is 29.1 Å². The van der Waals surface area contributed by atoms with E-state index in [1.807, 2.05) is 24.3 Å². The summed E-state index contributed by atoms with van der Waals surface area (Å²) >= 11 is 5.85. The molecule has 0 unspecified atom stereocenters. The molecule has 0 atom stereocenters. The number of carbonyl (C=O) groups excluding carboxylic acids is 1. The molecule has 0 fully saturated rings. The van der Waals surface area contributed by atoms with Crippen LogP contribution in [0.25, 0.3) is 6.08 Å². The van der Waals surface area contributed by atoms with E-state index in [1.165, 1.54) is 11.6 Å². The van der Waals surface area contributed by atoms with Crippen LogP contribution < -0.4 is 5.32 Å². The van der Waals surface area contributed by atoms with Crippen LogP contribution in [0.15, 0.2) is 48.5 Å². The van der Waals surface area contributed by atoms with Crippen LogP contribution in [-0.4, -0.2) is 5.91 Å². The zero-order valence-electron chi connectivity index (χ0n) is 13.7. The van der Waals surface area contributed by atoms with E-state index >= 15 is 0 Å². The standard InChI is InChI=1S/C19H17ClF3NO/c1-12(2)14-6-3-13(4-7-14)5-10-18(25)24-17-11-15(19(21,22)23)8-9-16(17)20/h3-12H,1-2H3,(H,24,25)/b10-5+. The molecular formula is C19H17ClF3NO. The van der Waals surface area contributed by atoms with Gasteiger partial charge in [0.2, 0.25) is 5.91 Å². The molecule has 2 aromatic rings. The van der Waals surface area contributed by atoms with Gasteiger partial charge < -0.3 is 5.32 Å². The molecule has 25 heavy (non-hydrogen) atoms. The number of hydrogen-bond donors (Lipinski definition) is 1. The summed E-state index contributed by atoms with van der Waals surface area (Å²) in [5, 5.41) is 2.40. The first-order chi connectivity index (χ1) is 11.7. The SMILES string of the molecule is CC(C)c1ccc(/C=C/C(=O)Nc2cc(C(F)(F)F)ccc2Cl)cc1. The van der Waals surface area contributed by atoms with Crippen molar-refractivity contribution in [2.75, 3.05) is 5.32 Å². The molecular weight excluding hydrogens is 351 g/mol. The van der Waals surface area contributed by atoms with Crippen molar-refractivity contribution in [1.82, 2.24) is 0 Å². The number of amides is 1. The third-order valence-corrected chi connectivity index (χ3v) is 3.91. The molecule has 0 aliphatic rings. The van der Waals surface area contributed by atoms with Gasteiger partial charge in [0.1, 0.15) is 0 Å². The maximum Gasteiger partial charge on any atom is 0.416 e. The Kier molecular flexibility index (Phi) is 5.90. The molecule has 0 saturated heterocycles. The molecule has 0 aliphatic carbocycles. The number of rotatable bonds is 4. The van der Waals surface area contributed by atoms with Gasteiger partial charge in [-0.1, -0.05) is 49.7 Å². The molecule has 6 heteroatoms. The Bertz CT molecular complexity index is 780. The number of carbonyl (C=O) groups is 1. The van der Waals surface area contributed by atoms with Crippen molar-refractivity contribution in [3.8, 4) is 0 Å². The van der Waals surface area contributed by atoms with Gasteiger partial charge in [0.15, 0.2) is 0 Å². The summed E-state index contributed by atoms with van der Waals surface area (Å²) in [6.45, 7) is 4.16. The minimum absolute atomic E-state index is 0.0380. The smallest absolute Gasteiger partial charge is 0.321 e. The normalized spacial score (nSPS) is 12.0. The highest BCUT2D eigenvalue weighted by Gasteiger charge is 2.31. The Hall–Kier alpha value is -2.27. The van der Waals surface area contributed by atoms with Crippen molar-refractivity contribution in [2.45, 2.75) is 25.9 Å². The lowest BCUT2D eigenvalue weighted by molar-refractivity contribution is -0.137. The van der Waals surface area contributed by atoms with Crippen LogP contribution in [0.2, 0.25) is 5.02 Å². The summed E-state index contributed by atoms with van der Waals surface area (Å²) in [6.07, 6.45) is -1.67. The first-order valence-electron chi connectivity index (χ1n) is 7.62. The summed E-state index contributed by atoms with van der Waals surface area (Å²) in [5.74, 6) is -0.154. The highest BCUT2D eigenvalue weighted by atomic mass is 35.5. The lowest BCUT2D eigenvalue weighted by atomic mass is 10.0. The summed E-state index contributed by atoms with van der Waals surface area (Å²) in [6, 6.07) is 10.5. The van der Waals surface area contributed by atoms with Crippen LogP contribution in [0.1, 0.15) is 36.5 Å². The second kappa shape index (κ2) is 7.74. The number of anilines is 1. The van der Waals surface area contributed by atoms with E-state index in [1.54, 1.807) is 6.08 Å². The molecule has 2 aromatic carbocycles. The zero-order valence-corrected chi connectivity index (χ0v) is 14.4. The van der Waals surface area contributed by atoms with Gasteiger partial charge in [-0.2, -0.15) is 13.2 Å². The predicted octanol–water partition coefficient (Wildman–Crippen LogP) is 6.13. The Morgan fingerprint density at radius 3 is 2.32 bits per heavy atom. The van der Waals surface area contributed by atoms with Crippen LogP contribution in [0.5, 0.6) is 0 Å². The molecule has 0 heterocycles. The molecule has 1 N–H and O–H groups in total. The van der Waals surface area contributed by atoms with Crippen molar-refractivity contribution < 1.29 is 18.0 Å². The number of alkyl halides is 3. The first kappa shape index (κ1) is 19.1. The first-order valence-corrected chi connectivity index (χ1v) is 8.00. The van der Waals surface area contributed by atoms with Gasteiger partial charge in [0.05, 0.1) is 16.3 Å². The van der Waals surface area contributed by atoms with E-state index in [-0.39, 0.29) is 10.7 Å².